The molecule has 3 N–H and O–H groups in total. The van der Waals surface area contributed by atoms with Crippen molar-refractivity contribution in [3.63, 3.8) is 0 Å². The Bertz CT molecular complexity index is 772. The summed E-state index contributed by atoms with van der Waals surface area (Å²) in [5.74, 6) is -1.13. The highest BCUT2D eigenvalue weighted by molar-refractivity contribution is 6.08. The van der Waals surface area contributed by atoms with E-state index >= 15 is 0 Å². The third-order valence-electron chi connectivity index (χ3n) is 4.47. The van der Waals surface area contributed by atoms with E-state index in [0.29, 0.717) is 0 Å². The molecule has 0 aliphatic carbocycles. The molecule has 0 heterocycles. The van der Waals surface area contributed by atoms with Crippen LogP contribution in [0.5, 0.6) is 0 Å². The molecule has 0 saturated carbocycles. The van der Waals surface area contributed by atoms with E-state index in [2.05, 4.69) is 49.6 Å². The number of hydrogen-bond donors (Lipinski definition) is 3. The Kier molecular flexibility index (Phi) is 14.7. The summed E-state index contributed by atoms with van der Waals surface area (Å²) < 4.78 is 0. The summed E-state index contributed by atoms with van der Waals surface area (Å²) in [6.45, 7) is 14.2. The van der Waals surface area contributed by atoms with Gasteiger partial charge in [0.05, 0.1) is 0 Å². The second-order valence-electron chi connectivity index (χ2n) is 8.56. The Morgan fingerprint density at radius 1 is 0.613 bits per heavy atom. The van der Waals surface area contributed by atoms with E-state index in [1.165, 1.54) is 28.9 Å². The van der Waals surface area contributed by atoms with Gasteiger partial charge in [-0.3, -0.25) is 25.6 Å². The summed E-state index contributed by atoms with van der Waals surface area (Å²) in [4.78, 5) is 24.0. The Hall–Kier alpha value is -2.69. The van der Waals surface area contributed by atoms with Gasteiger partial charge >= 0.3 is 0 Å². The highest BCUT2D eigenvalue weighted by Crippen LogP contribution is 2.11. The third-order valence-corrected chi connectivity index (χ3v) is 4.47. The second-order valence-corrected chi connectivity index (χ2v) is 8.56. The molecule has 5 heteroatoms. The summed E-state index contributed by atoms with van der Waals surface area (Å²) in [5, 5.41) is 12.5. The predicted octanol–water partition coefficient (Wildman–Crippen LogP) is 6.27. The fourth-order valence-corrected chi connectivity index (χ4v) is 2.77. The van der Waals surface area contributed by atoms with Crippen molar-refractivity contribution >= 4 is 17.8 Å². The first-order chi connectivity index (χ1) is 14.5. The number of carbonyl (C=O) groups excluding carboxylic acids is 2. The van der Waals surface area contributed by atoms with Crippen molar-refractivity contribution < 1.29 is 9.59 Å². The smallest absolute Gasteiger partial charge is 0.250 e. The van der Waals surface area contributed by atoms with Crippen LogP contribution in [-0.2, 0) is 9.59 Å². The van der Waals surface area contributed by atoms with E-state index in [9.17, 15) is 9.59 Å². The number of hydrogen-bond acceptors (Lipinski definition) is 3. The lowest BCUT2D eigenvalue weighted by Gasteiger charge is -2.06. The van der Waals surface area contributed by atoms with Crippen molar-refractivity contribution in [1.29, 1.82) is 5.41 Å². The SMILES string of the molecule is CC(C)=CCC/C(C)=C/CC/C(C)=C/C(=O)NC(=N)NC(=O)/C=C(\C)CCC=C(C)C. The zero-order chi connectivity index (χ0) is 23.8. The molecule has 0 bridgehead atoms. The van der Waals surface area contributed by atoms with Crippen molar-refractivity contribution in [2.45, 2.75) is 87.0 Å². The number of rotatable bonds is 11. The van der Waals surface area contributed by atoms with E-state index in [4.69, 9.17) is 5.41 Å². The molecule has 2 amide bonds. The van der Waals surface area contributed by atoms with Crippen molar-refractivity contribution in [3.8, 4) is 0 Å². The van der Waals surface area contributed by atoms with Gasteiger partial charge in [0.2, 0.25) is 5.96 Å². The van der Waals surface area contributed by atoms with Gasteiger partial charge in [-0.05, 0) is 87.0 Å². The van der Waals surface area contributed by atoms with E-state index in [0.717, 1.165) is 49.7 Å². The molecule has 0 unspecified atom stereocenters. The minimum Gasteiger partial charge on any atom is -0.293 e. The first kappa shape index (κ1) is 28.3. The summed E-state index contributed by atoms with van der Waals surface area (Å²) >= 11 is 0. The lowest BCUT2D eigenvalue weighted by atomic mass is 10.1. The number of allylic oxidation sites excluding steroid dienone is 8. The van der Waals surface area contributed by atoms with Crippen molar-refractivity contribution in [3.05, 3.63) is 58.2 Å². The zero-order valence-corrected chi connectivity index (χ0v) is 20.4. The standard InChI is InChI=1S/C26H41N3O2/c1-19(2)11-8-13-21(5)14-10-16-23(7)18-25(31)29-26(27)28-24(30)17-22(6)15-9-12-20(3)4/h11-12,14,17-18H,8-10,13,15-16H2,1-7H3,(H3,27,28,29,30,31)/b21-14+,22-17+,23-18+. The molecular weight excluding hydrogens is 386 g/mol. The molecule has 0 aromatic rings. The maximum atomic E-state index is 12.1. The van der Waals surface area contributed by atoms with Crippen LogP contribution in [-0.4, -0.2) is 17.8 Å². The lowest BCUT2D eigenvalue weighted by Crippen LogP contribution is -2.42. The van der Waals surface area contributed by atoms with Gasteiger partial charge in [0, 0.05) is 12.2 Å². The van der Waals surface area contributed by atoms with Gasteiger partial charge < -0.3 is 0 Å². The Morgan fingerprint density at radius 3 is 1.35 bits per heavy atom. The van der Waals surface area contributed by atoms with E-state index in [1.54, 1.807) is 0 Å². The molecule has 0 aromatic heterocycles. The molecule has 0 fully saturated rings. The fourth-order valence-electron chi connectivity index (χ4n) is 2.77. The van der Waals surface area contributed by atoms with Gasteiger partial charge in [-0.15, -0.1) is 0 Å². The molecule has 0 aliphatic heterocycles. The Morgan fingerprint density at radius 2 is 0.968 bits per heavy atom. The topological polar surface area (TPSA) is 82.1 Å². The van der Waals surface area contributed by atoms with Crippen LogP contribution < -0.4 is 10.6 Å². The summed E-state index contributed by atoms with van der Waals surface area (Å²) in [6.07, 6.45) is 14.9. The number of guanidine groups is 1. The van der Waals surface area contributed by atoms with Gasteiger partial charge in [0.15, 0.2) is 0 Å². The normalized spacial score (nSPS) is 12.2. The quantitative estimate of drug-likeness (QED) is 0.157. The minimum absolute atomic E-state index is 0.317. The van der Waals surface area contributed by atoms with Crippen LogP contribution in [0.2, 0.25) is 0 Å². The average molecular weight is 428 g/mol. The van der Waals surface area contributed by atoms with Gasteiger partial charge in [-0.2, -0.15) is 0 Å². The minimum atomic E-state index is -0.408. The van der Waals surface area contributed by atoms with Crippen LogP contribution in [0, 0.1) is 5.41 Å². The summed E-state index contributed by atoms with van der Waals surface area (Å²) in [6, 6.07) is 0. The maximum absolute atomic E-state index is 12.1. The van der Waals surface area contributed by atoms with Gasteiger partial charge in [-0.25, -0.2) is 0 Å². The van der Waals surface area contributed by atoms with Crippen molar-refractivity contribution in [2.75, 3.05) is 0 Å². The maximum Gasteiger partial charge on any atom is 0.250 e. The van der Waals surface area contributed by atoms with Gasteiger partial charge in [-0.1, -0.05) is 46.1 Å². The van der Waals surface area contributed by atoms with Crippen LogP contribution in [0.4, 0.5) is 0 Å². The predicted molar refractivity (Wildman–Crippen MR) is 132 cm³/mol. The van der Waals surface area contributed by atoms with E-state index < -0.39 is 11.8 Å². The lowest BCUT2D eigenvalue weighted by molar-refractivity contribution is -0.115. The first-order valence-electron chi connectivity index (χ1n) is 11.0. The van der Waals surface area contributed by atoms with Crippen LogP contribution in [0.25, 0.3) is 0 Å². The van der Waals surface area contributed by atoms with E-state index in [-0.39, 0.29) is 5.96 Å². The second kappa shape index (κ2) is 16.1. The fraction of sp³-hybridized carbons (Fsp3) is 0.500. The average Bonchev–Trinajstić information content (AvgIpc) is 2.60. The molecule has 0 radical (unpaired) electrons. The number of carbonyl (C=O) groups is 2. The zero-order valence-electron chi connectivity index (χ0n) is 20.4. The molecule has 0 saturated heterocycles. The van der Waals surface area contributed by atoms with Gasteiger partial charge in [0.25, 0.3) is 11.8 Å². The third kappa shape index (κ3) is 17.8. The molecule has 0 aromatic carbocycles. The molecule has 0 spiro atoms. The van der Waals surface area contributed by atoms with Crippen LogP contribution >= 0.6 is 0 Å². The molecule has 0 aliphatic rings. The molecule has 172 valence electrons. The highest BCUT2D eigenvalue weighted by Gasteiger charge is 2.06. The van der Waals surface area contributed by atoms with Crippen LogP contribution in [0.3, 0.4) is 0 Å². The molecular formula is C26H41N3O2. The highest BCUT2D eigenvalue weighted by atomic mass is 16.2. The van der Waals surface area contributed by atoms with Crippen LogP contribution in [0.1, 0.15) is 87.0 Å². The molecule has 5 nitrogen and oxygen atoms in total. The number of nitrogens with one attached hydrogen (secondary N) is 3. The number of amides is 2. The van der Waals surface area contributed by atoms with Gasteiger partial charge in [0.1, 0.15) is 0 Å². The van der Waals surface area contributed by atoms with Crippen molar-refractivity contribution in [1.82, 2.24) is 10.6 Å². The van der Waals surface area contributed by atoms with Crippen molar-refractivity contribution in [2.24, 2.45) is 0 Å². The molecule has 31 heavy (non-hydrogen) atoms. The Labute approximate surface area is 189 Å². The largest absolute Gasteiger partial charge is 0.293 e. The molecule has 0 rings (SSSR count). The summed E-state index contributed by atoms with van der Waals surface area (Å²) in [5.41, 5.74) is 5.79. The first-order valence-corrected chi connectivity index (χ1v) is 11.0. The monoisotopic (exact) mass is 427 g/mol. The van der Waals surface area contributed by atoms with Crippen LogP contribution in [0.15, 0.2) is 58.2 Å². The summed E-state index contributed by atoms with van der Waals surface area (Å²) in [7, 11) is 0. The molecule has 0 atom stereocenters. The van der Waals surface area contributed by atoms with E-state index in [1.807, 2.05) is 27.7 Å². The Balaban J connectivity index is 4.39.